The van der Waals surface area contributed by atoms with E-state index in [0.29, 0.717) is 0 Å². The highest BCUT2D eigenvalue weighted by molar-refractivity contribution is 8.02. The zero-order chi connectivity index (χ0) is 13.4. The summed E-state index contributed by atoms with van der Waals surface area (Å²) in [4.78, 5) is 4.33. The van der Waals surface area contributed by atoms with E-state index < -0.39 is 8.32 Å². The quantitative estimate of drug-likeness (QED) is 0.396. The Labute approximate surface area is 116 Å². The van der Waals surface area contributed by atoms with Gasteiger partial charge in [-0.05, 0) is 55.0 Å². The molecule has 0 radical (unpaired) electrons. The number of pyridine rings is 1. The molecule has 0 atom stereocenters. The van der Waals surface area contributed by atoms with E-state index in [4.69, 9.17) is 4.43 Å². The van der Waals surface area contributed by atoms with E-state index in [0.717, 1.165) is 10.1 Å². The average Bonchev–Trinajstić information content (AvgIpc) is 2.45. The summed E-state index contributed by atoms with van der Waals surface area (Å²) < 4.78 is 6.36. The minimum Gasteiger partial charge on any atom is -0.539 e. The fourth-order valence-electron chi connectivity index (χ4n) is 1.83. The van der Waals surface area contributed by atoms with Crippen molar-refractivity contribution in [2.75, 3.05) is 0 Å². The molecule has 2 nitrogen and oxygen atoms in total. The fraction of sp³-hybridized carbons (Fsp3) is 0.500. The second kappa shape index (κ2) is 7.64. The van der Waals surface area contributed by atoms with Crippen LogP contribution in [0.4, 0.5) is 0 Å². The van der Waals surface area contributed by atoms with E-state index in [9.17, 15) is 0 Å². The maximum absolute atomic E-state index is 6.36. The van der Waals surface area contributed by atoms with Gasteiger partial charge >= 0.3 is 0 Å². The Hall–Kier alpha value is -0.743. The van der Waals surface area contributed by atoms with Crippen LogP contribution in [0.3, 0.4) is 0 Å². The maximum atomic E-state index is 6.36. The van der Waals surface area contributed by atoms with E-state index >= 15 is 0 Å². The predicted octanol–water partition coefficient (Wildman–Crippen LogP) is 5.06. The summed E-state index contributed by atoms with van der Waals surface area (Å²) in [6, 6.07) is 9.46. The Morgan fingerprint density at radius 2 is 1.94 bits per heavy atom. The van der Waals surface area contributed by atoms with Gasteiger partial charge in [0.1, 0.15) is 10.1 Å². The van der Waals surface area contributed by atoms with E-state index in [2.05, 4.69) is 31.8 Å². The summed E-state index contributed by atoms with van der Waals surface area (Å²) in [6.45, 7) is 8.78. The lowest BCUT2D eigenvalue weighted by atomic mass is 10.5. The van der Waals surface area contributed by atoms with Gasteiger partial charge in [0.2, 0.25) is 0 Å². The summed E-state index contributed by atoms with van der Waals surface area (Å²) >= 11 is 1.62. The lowest BCUT2D eigenvalue weighted by molar-refractivity contribution is 0.442. The maximum Gasteiger partial charge on any atom is 0.251 e. The van der Waals surface area contributed by atoms with Crippen LogP contribution in [0.25, 0.3) is 0 Å². The van der Waals surface area contributed by atoms with Crippen LogP contribution >= 0.6 is 11.8 Å². The molecule has 0 aliphatic carbocycles. The number of aromatic nitrogens is 1. The number of hydrogen-bond donors (Lipinski definition) is 0. The number of thioether (sulfide) groups is 1. The minimum absolute atomic E-state index is 0.997. The first-order chi connectivity index (χ1) is 8.69. The van der Waals surface area contributed by atoms with Crippen LogP contribution in [0.5, 0.6) is 0 Å². The molecule has 0 fully saturated rings. The minimum atomic E-state index is -1.57. The van der Waals surface area contributed by atoms with Gasteiger partial charge in [0, 0.05) is 6.20 Å². The van der Waals surface area contributed by atoms with Crippen LogP contribution in [0, 0.1) is 0 Å². The Kier molecular flexibility index (Phi) is 6.50. The molecule has 1 aromatic heterocycles. The summed E-state index contributed by atoms with van der Waals surface area (Å²) in [6.07, 6.45) is 3.88. The van der Waals surface area contributed by atoms with Crippen molar-refractivity contribution in [3.8, 4) is 0 Å². The average molecular weight is 281 g/mol. The van der Waals surface area contributed by atoms with Crippen molar-refractivity contribution >= 4 is 20.1 Å². The summed E-state index contributed by atoms with van der Waals surface area (Å²) in [5.41, 5.74) is 0. The lowest BCUT2D eigenvalue weighted by Crippen LogP contribution is -2.34. The number of rotatable bonds is 7. The van der Waals surface area contributed by atoms with Gasteiger partial charge in [0.05, 0.1) is 0 Å². The summed E-state index contributed by atoms with van der Waals surface area (Å²) in [5, 5.41) is 2.00. The number of nitrogens with zero attached hydrogens (tertiary/aromatic N) is 1. The van der Waals surface area contributed by atoms with Crippen molar-refractivity contribution in [1.82, 2.24) is 4.98 Å². The van der Waals surface area contributed by atoms with E-state index in [1.165, 1.54) is 18.1 Å². The van der Waals surface area contributed by atoms with E-state index in [1.54, 1.807) is 11.8 Å². The first-order valence-electron chi connectivity index (χ1n) is 6.63. The molecular formula is C14H23NOSSi. The SMILES string of the molecule is C/C=C(/O[Si](CC)(CC)CC)Sc1ccccn1. The van der Waals surface area contributed by atoms with Crippen LogP contribution in [0.15, 0.2) is 40.6 Å². The molecule has 18 heavy (non-hydrogen) atoms. The second-order valence-corrected chi connectivity index (χ2v) is 9.94. The van der Waals surface area contributed by atoms with Gasteiger partial charge in [-0.15, -0.1) is 0 Å². The number of allylic oxidation sites excluding steroid dienone is 1. The Balaban J connectivity index is 2.74. The van der Waals surface area contributed by atoms with Gasteiger partial charge in [-0.1, -0.05) is 26.8 Å². The molecule has 0 spiro atoms. The molecule has 0 unspecified atom stereocenters. The van der Waals surface area contributed by atoms with Gasteiger partial charge in [-0.2, -0.15) is 0 Å². The van der Waals surface area contributed by atoms with Gasteiger partial charge in [0.25, 0.3) is 8.32 Å². The highest BCUT2D eigenvalue weighted by Gasteiger charge is 2.31. The largest absolute Gasteiger partial charge is 0.539 e. The highest BCUT2D eigenvalue weighted by Crippen LogP contribution is 2.32. The summed E-state index contributed by atoms with van der Waals surface area (Å²) in [7, 11) is -1.57. The highest BCUT2D eigenvalue weighted by atomic mass is 32.2. The van der Waals surface area contributed by atoms with E-state index in [-0.39, 0.29) is 0 Å². The third kappa shape index (κ3) is 4.17. The molecule has 0 bridgehead atoms. The second-order valence-electron chi connectivity index (χ2n) is 4.22. The molecule has 0 N–H and O–H groups in total. The van der Waals surface area contributed by atoms with Crippen LogP contribution < -0.4 is 0 Å². The molecule has 1 rings (SSSR count). The van der Waals surface area contributed by atoms with E-state index in [1.807, 2.05) is 31.3 Å². The third-order valence-corrected chi connectivity index (χ3v) is 8.97. The molecule has 1 aromatic rings. The molecule has 0 aliphatic rings. The van der Waals surface area contributed by atoms with Gasteiger partial charge in [0.15, 0.2) is 0 Å². The van der Waals surface area contributed by atoms with Crippen molar-refractivity contribution in [2.24, 2.45) is 0 Å². The Morgan fingerprint density at radius 1 is 1.28 bits per heavy atom. The monoisotopic (exact) mass is 281 g/mol. The predicted molar refractivity (Wildman–Crippen MR) is 82.1 cm³/mol. The van der Waals surface area contributed by atoms with Crippen LogP contribution in [0.2, 0.25) is 18.1 Å². The first-order valence-corrected chi connectivity index (χ1v) is 9.98. The Morgan fingerprint density at radius 3 is 2.39 bits per heavy atom. The fourth-order valence-corrected chi connectivity index (χ4v) is 5.59. The molecule has 0 aromatic carbocycles. The topological polar surface area (TPSA) is 22.1 Å². The smallest absolute Gasteiger partial charge is 0.251 e. The van der Waals surface area contributed by atoms with Gasteiger partial charge in [-0.25, -0.2) is 4.98 Å². The van der Waals surface area contributed by atoms with Crippen molar-refractivity contribution in [3.05, 3.63) is 35.6 Å². The molecule has 0 amide bonds. The van der Waals surface area contributed by atoms with Crippen molar-refractivity contribution < 1.29 is 4.43 Å². The van der Waals surface area contributed by atoms with Crippen LogP contribution in [-0.4, -0.2) is 13.3 Å². The van der Waals surface area contributed by atoms with Gasteiger partial charge < -0.3 is 4.43 Å². The molecule has 1 heterocycles. The zero-order valence-electron chi connectivity index (χ0n) is 11.8. The molecule has 0 aliphatic heterocycles. The molecule has 100 valence electrons. The molecule has 4 heteroatoms. The normalized spacial score (nSPS) is 12.6. The molecular weight excluding hydrogens is 258 g/mol. The lowest BCUT2D eigenvalue weighted by Gasteiger charge is -2.29. The Bertz CT molecular complexity index is 368. The number of hydrogen-bond acceptors (Lipinski definition) is 3. The van der Waals surface area contributed by atoms with Crippen LogP contribution in [0.1, 0.15) is 27.7 Å². The zero-order valence-corrected chi connectivity index (χ0v) is 13.6. The molecule has 0 saturated heterocycles. The molecule has 0 saturated carbocycles. The van der Waals surface area contributed by atoms with Gasteiger partial charge in [-0.3, -0.25) is 0 Å². The standard InChI is InChI=1S/C14H23NOSSi/c1-5-14(16-18(6-2,7-3)8-4)17-13-11-9-10-12-15-13/h5,9-12H,6-8H2,1-4H3/b14-5-. The van der Waals surface area contributed by atoms with Crippen LogP contribution in [-0.2, 0) is 4.43 Å². The van der Waals surface area contributed by atoms with Crippen molar-refractivity contribution in [1.29, 1.82) is 0 Å². The third-order valence-electron chi connectivity index (χ3n) is 3.33. The first kappa shape index (κ1) is 15.3. The van der Waals surface area contributed by atoms with Crippen molar-refractivity contribution in [3.63, 3.8) is 0 Å². The van der Waals surface area contributed by atoms with Crippen molar-refractivity contribution in [2.45, 2.75) is 50.9 Å². The summed E-state index contributed by atoms with van der Waals surface area (Å²) in [5.74, 6) is 0.